The molecule has 0 radical (unpaired) electrons. The molecule has 0 spiro atoms. The van der Waals surface area contributed by atoms with Crippen molar-refractivity contribution >= 4 is 11.6 Å². The van der Waals surface area contributed by atoms with E-state index >= 15 is 0 Å². The molecule has 0 fully saturated rings. The molecule has 0 saturated heterocycles. The van der Waals surface area contributed by atoms with Gasteiger partial charge in [0.25, 0.3) is 0 Å². The van der Waals surface area contributed by atoms with Crippen LogP contribution >= 0.6 is 11.6 Å². The van der Waals surface area contributed by atoms with Crippen LogP contribution < -0.4 is 6.15 Å². The van der Waals surface area contributed by atoms with E-state index in [0.29, 0.717) is 5.88 Å². The minimum Gasteiger partial charge on any atom is -0.344 e. The fourth-order valence-electron chi connectivity index (χ4n) is 2.49. The van der Waals surface area contributed by atoms with E-state index in [0.717, 1.165) is 0 Å². The third-order valence-corrected chi connectivity index (χ3v) is 4.18. The van der Waals surface area contributed by atoms with Crippen LogP contribution in [0.5, 0.6) is 0 Å². The number of alkyl halides is 1. The fraction of sp³-hybridized carbons (Fsp3) is 0.647. The van der Waals surface area contributed by atoms with Gasteiger partial charge >= 0.3 is 0 Å². The largest absolute Gasteiger partial charge is 0.344 e. The lowest BCUT2D eigenvalue weighted by molar-refractivity contribution is 0.606. The van der Waals surface area contributed by atoms with Gasteiger partial charge in [-0.15, -0.1) is 11.6 Å². The lowest BCUT2D eigenvalue weighted by Gasteiger charge is -2.13. The van der Waals surface area contributed by atoms with Gasteiger partial charge in [0.05, 0.1) is 0 Å². The number of benzene rings is 1. The molecular weight excluding hydrogens is 254 g/mol. The summed E-state index contributed by atoms with van der Waals surface area (Å²) >= 11 is 6.04. The lowest BCUT2D eigenvalue weighted by Crippen LogP contribution is -1.98. The van der Waals surface area contributed by atoms with Crippen LogP contribution in [0.25, 0.3) is 0 Å². The molecule has 0 bridgehead atoms. The maximum absolute atomic E-state index is 6.04. The van der Waals surface area contributed by atoms with Crippen LogP contribution in [-0.4, -0.2) is 0 Å². The molecule has 0 aliphatic heterocycles. The number of unbranched alkanes of at least 4 members (excludes halogenated alkanes) is 5. The molecule has 1 nitrogen and oxygen atoms in total. The van der Waals surface area contributed by atoms with Crippen LogP contribution in [-0.2, 0) is 12.3 Å². The van der Waals surface area contributed by atoms with E-state index in [1.807, 2.05) is 0 Å². The smallest absolute Gasteiger partial charge is 0.0476 e. The predicted molar refractivity (Wildman–Crippen MR) is 87.6 cm³/mol. The fourth-order valence-corrected chi connectivity index (χ4v) is 2.74. The third-order valence-electron chi connectivity index (χ3n) is 3.89. The molecule has 0 unspecified atom stereocenters. The number of hydrogen-bond donors (Lipinski definition) is 1. The van der Waals surface area contributed by atoms with Crippen molar-refractivity contribution in [3.63, 3.8) is 0 Å². The second-order valence-electron chi connectivity index (χ2n) is 5.30. The minimum absolute atomic E-state index is 0. The zero-order valence-electron chi connectivity index (χ0n) is 12.9. The summed E-state index contributed by atoms with van der Waals surface area (Å²) in [7, 11) is 0. The van der Waals surface area contributed by atoms with Gasteiger partial charge in [-0.3, -0.25) is 0 Å². The van der Waals surface area contributed by atoms with E-state index in [2.05, 4.69) is 32.9 Å². The Morgan fingerprint density at radius 2 is 1.58 bits per heavy atom. The Morgan fingerprint density at radius 1 is 0.947 bits per heavy atom. The number of halogens is 1. The summed E-state index contributed by atoms with van der Waals surface area (Å²) in [6, 6.07) is 4.39. The van der Waals surface area contributed by atoms with E-state index in [9.17, 15) is 0 Å². The van der Waals surface area contributed by atoms with Crippen molar-refractivity contribution in [3.05, 3.63) is 34.4 Å². The molecule has 110 valence electrons. The number of rotatable bonds is 8. The van der Waals surface area contributed by atoms with Gasteiger partial charge in [0.2, 0.25) is 0 Å². The second kappa shape index (κ2) is 10.3. The van der Waals surface area contributed by atoms with Crippen molar-refractivity contribution < 1.29 is 0 Å². The Morgan fingerprint density at radius 3 is 2.21 bits per heavy atom. The Labute approximate surface area is 124 Å². The lowest BCUT2D eigenvalue weighted by atomic mass is 9.94. The Bertz CT molecular complexity index is 361. The minimum atomic E-state index is 0. The summed E-state index contributed by atoms with van der Waals surface area (Å²) in [4.78, 5) is 0. The van der Waals surface area contributed by atoms with Crippen LogP contribution in [0, 0.1) is 13.8 Å². The van der Waals surface area contributed by atoms with Gasteiger partial charge in [0, 0.05) is 5.88 Å². The molecular formula is C17H30ClN. The molecule has 1 aromatic rings. The molecule has 0 atom stereocenters. The zero-order chi connectivity index (χ0) is 13.4. The summed E-state index contributed by atoms with van der Waals surface area (Å²) in [6.07, 6.45) is 9.35. The topological polar surface area (TPSA) is 35.0 Å². The number of aryl methyl sites for hydroxylation is 1. The van der Waals surface area contributed by atoms with Gasteiger partial charge in [-0.1, -0.05) is 51.2 Å². The van der Waals surface area contributed by atoms with Crippen molar-refractivity contribution in [1.82, 2.24) is 6.15 Å². The summed E-state index contributed by atoms with van der Waals surface area (Å²) < 4.78 is 0. The van der Waals surface area contributed by atoms with E-state index in [1.165, 1.54) is 67.2 Å². The van der Waals surface area contributed by atoms with Gasteiger partial charge in [0.1, 0.15) is 0 Å². The van der Waals surface area contributed by atoms with Crippen LogP contribution in [0.3, 0.4) is 0 Å². The summed E-state index contributed by atoms with van der Waals surface area (Å²) in [5, 5.41) is 0. The molecule has 0 saturated carbocycles. The van der Waals surface area contributed by atoms with Crippen LogP contribution in [0.2, 0.25) is 0 Å². The molecule has 2 heteroatoms. The second-order valence-corrected chi connectivity index (χ2v) is 5.56. The Kier molecular flexibility index (Phi) is 9.99. The maximum Gasteiger partial charge on any atom is 0.0476 e. The monoisotopic (exact) mass is 283 g/mol. The van der Waals surface area contributed by atoms with Crippen molar-refractivity contribution in [3.8, 4) is 0 Å². The first-order valence-electron chi connectivity index (χ1n) is 7.34. The Hall–Kier alpha value is -0.530. The first-order chi connectivity index (χ1) is 8.70. The molecule has 0 aliphatic rings. The molecule has 0 heterocycles. The first-order valence-corrected chi connectivity index (χ1v) is 7.88. The van der Waals surface area contributed by atoms with Crippen LogP contribution in [0.4, 0.5) is 0 Å². The van der Waals surface area contributed by atoms with Gasteiger partial charge in [0.15, 0.2) is 0 Å². The molecule has 0 amide bonds. The number of hydrogen-bond acceptors (Lipinski definition) is 1. The molecule has 0 aliphatic carbocycles. The molecule has 0 aromatic heterocycles. The predicted octanol–water partition coefficient (Wildman–Crippen LogP) is 6.11. The molecule has 1 rings (SSSR count). The average Bonchev–Trinajstić information content (AvgIpc) is 2.38. The van der Waals surface area contributed by atoms with Crippen molar-refractivity contribution in [1.29, 1.82) is 0 Å². The van der Waals surface area contributed by atoms with E-state index in [1.54, 1.807) is 0 Å². The SMILES string of the molecule is CCCCCCCCc1c(CCl)ccc(C)c1C.N. The van der Waals surface area contributed by atoms with E-state index in [-0.39, 0.29) is 6.15 Å². The third kappa shape index (κ3) is 5.97. The highest BCUT2D eigenvalue weighted by molar-refractivity contribution is 6.17. The van der Waals surface area contributed by atoms with Crippen LogP contribution in [0.1, 0.15) is 67.7 Å². The first kappa shape index (κ1) is 18.5. The summed E-state index contributed by atoms with van der Waals surface area (Å²) in [5.74, 6) is 0.645. The standard InChI is InChI=1S/C17H27Cl.H3N/c1-4-5-6-7-8-9-10-17-15(3)14(2)11-12-16(17)13-18;/h11-12H,4-10,13H2,1-3H3;1H3. The highest BCUT2D eigenvalue weighted by Crippen LogP contribution is 2.22. The van der Waals surface area contributed by atoms with Gasteiger partial charge in [-0.05, 0) is 48.9 Å². The maximum atomic E-state index is 6.04. The summed E-state index contributed by atoms with van der Waals surface area (Å²) in [6.45, 7) is 6.69. The van der Waals surface area contributed by atoms with Gasteiger partial charge < -0.3 is 6.15 Å². The van der Waals surface area contributed by atoms with Crippen LogP contribution in [0.15, 0.2) is 12.1 Å². The highest BCUT2D eigenvalue weighted by atomic mass is 35.5. The normalized spacial score (nSPS) is 10.3. The van der Waals surface area contributed by atoms with E-state index < -0.39 is 0 Å². The Balaban J connectivity index is 0.00000324. The molecule has 1 aromatic carbocycles. The van der Waals surface area contributed by atoms with Crippen molar-refractivity contribution in [2.24, 2.45) is 0 Å². The van der Waals surface area contributed by atoms with Crippen molar-refractivity contribution in [2.75, 3.05) is 0 Å². The zero-order valence-corrected chi connectivity index (χ0v) is 13.7. The average molecular weight is 284 g/mol. The van der Waals surface area contributed by atoms with Gasteiger partial charge in [-0.25, -0.2) is 0 Å². The summed E-state index contributed by atoms with van der Waals surface area (Å²) in [5.41, 5.74) is 5.67. The molecule has 3 N–H and O–H groups in total. The molecule has 19 heavy (non-hydrogen) atoms. The van der Waals surface area contributed by atoms with E-state index in [4.69, 9.17) is 11.6 Å². The van der Waals surface area contributed by atoms with Crippen molar-refractivity contribution in [2.45, 2.75) is 71.6 Å². The highest BCUT2D eigenvalue weighted by Gasteiger charge is 2.07. The van der Waals surface area contributed by atoms with Gasteiger partial charge in [-0.2, -0.15) is 0 Å². The quantitative estimate of drug-likeness (QED) is 0.453.